The fourth-order valence-corrected chi connectivity index (χ4v) is 3.77. The van der Waals surface area contributed by atoms with Gasteiger partial charge in [-0.2, -0.15) is 0 Å². The standard InChI is InChI=1S/C17H30N2O4/c1-16(2,3)23-15(20)19-6-4-17(5-7-19)12-14(13-22-17)18-8-10-21-11-9-18/h14H,4-13H2,1-3H3. The predicted molar refractivity (Wildman–Crippen MR) is 86.5 cm³/mol. The zero-order valence-corrected chi connectivity index (χ0v) is 14.7. The maximum atomic E-state index is 12.2. The van der Waals surface area contributed by atoms with Crippen LogP contribution >= 0.6 is 0 Å². The Morgan fingerprint density at radius 3 is 2.39 bits per heavy atom. The smallest absolute Gasteiger partial charge is 0.410 e. The van der Waals surface area contributed by atoms with Crippen LogP contribution in [0.4, 0.5) is 4.79 Å². The summed E-state index contributed by atoms with van der Waals surface area (Å²) in [6, 6.07) is 0.506. The third-order valence-corrected chi connectivity index (χ3v) is 5.08. The van der Waals surface area contributed by atoms with E-state index in [2.05, 4.69) is 4.90 Å². The molecule has 0 aromatic rings. The average Bonchev–Trinajstić information content (AvgIpc) is 2.91. The van der Waals surface area contributed by atoms with Gasteiger partial charge in [-0.15, -0.1) is 0 Å². The first-order valence-corrected chi connectivity index (χ1v) is 8.81. The van der Waals surface area contributed by atoms with Crippen LogP contribution in [0.5, 0.6) is 0 Å². The normalized spacial score (nSPS) is 29.0. The number of carbonyl (C=O) groups is 1. The molecule has 3 heterocycles. The summed E-state index contributed by atoms with van der Waals surface area (Å²) in [6.07, 6.45) is 2.70. The molecule has 0 aliphatic carbocycles. The zero-order chi connectivity index (χ0) is 16.5. The number of carbonyl (C=O) groups excluding carboxylic acids is 1. The van der Waals surface area contributed by atoms with Crippen LogP contribution in [0.3, 0.4) is 0 Å². The number of likely N-dealkylation sites (tertiary alicyclic amines) is 1. The summed E-state index contributed by atoms with van der Waals surface area (Å²) in [5.41, 5.74) is -0.473. The van der Waals surface area contributed by atoms with Gasteiger partial charge in [0.15, 0.2) is 0 Å². The minimum Gasteiger partial charge on any atom is -0.444 e. The highest BCUT2D eigenvalue weighted by Crippen LogP contribution is 2.38. The Morgan fingerprint density at radius 1 is 1.13 bits per heavy atom. The number of amides is 1. The summed E-state index contributed by atoms with van der Waals surface area (Å²) in [5, 5.41) is 0. The molecule has 3 aliphatic rings. The van der Waals surface area contributed by atoms with Gasteiger partial charge < -0.3 is 19.1 Å². The largest absolute Gasteiger partial charge is 0.444 e. The van der Waals surface area contributed by atoms with Crippen LogP contribution in [-0.2, 0) is 14.2 Å². The molecule has 132 valence electrons. The fraction of sp³-hybridized carbons (Fsp3) is 0.941. The molecule has 0 radical (unpaired) electrons. The maximum absolute atomic E-state index is 12.2. The quantitative estimate of drug-likeness (QED) is 0.736. The van der Waals surface area contributed by atoms with Crippen molar-refractivity contribution in [2.24, 2.45) is 0 Å². The second-order valence-electron chi connectivity index (χ2n) is 7.97. The molecule has 1 amide bonds. The van der Waals surface area contributed by atoms with E-state index in [0.29, 0.717) is 6.04 Å². The molecular weight excluding hydrogens is 296 g/mol. The van der Waals surface area contributed by atoms with Gasteiger partial charge in [-0.05, 0) is 40.0 Å². The van der Waals surface area contributed by atoms with Gasteiger partial charge in [0, 0.05) is 32.2 Å². The lowest BCUT2D eigenvalue weighted by atomic mass is 9.87. The molecule has 1 atom stereocenters. The third kappa shape index (κ3) is 4.17. The summed E-state index contributed by atoms with van der Waals surface area (Å²) in [7, 11) is 0. The molecule has 0 bridgehead atoms. The topological polar surface area (TPSA) is 51.2 Å². The van der Waals surface area contributed by atoms with Crippen molar-refractivity contribution in [2.45, 2.75) is 57.3 Å². The second kappa shape index (κ2) is 6.57. The van der Waals surface area contributed by atoms with Crippen LogP contribution in [0.2, 0.25) is 0 Å². The maximum Gasteiger partial charge on any atom is 0.410 e. The lowest BCUT2D eigenvalue weighted by Gasteiger charge is -2.39. The van der Waals surface area contributed by atoms with Gasteiger partial charge >= 0.3 is 6.09 Å². The molecule has 1 unspecified atom stereocenters. The van der Waals surface area contributed by atoms with Crippen LogP contribution in [0.1, 0.15) is 40.0 Å². The molecule has 0 aromatic heterocycles. The van der Waals surface area contributed by atoms with Crippen LogP contribution in [-0.4, -0.2) is 79.1 Å². The van der Waals surface area contributed by atoms with E-state index in [4.69, 9.17) is 14.2 Å². The van der Waals surface area contributed by atoms with E-state index < -0.39 is 5.60 Å². The highest BCUT2D eigenvalue weighted by molar-refractivity contribution is 5.68. The minimum atomic E-state index is -0.433. The molecule has 0 N–H and O–H groups in total. The summed E-state index contributed by atoms with van der Waals surface area (Å²) < 4.78 is 17.1. The van der Waals surface area contributed by atoms with Gasteiger partial charge in [0.1, 0.15) is 5.60 Å². The molecular formula is C17H30N2O4. The molecule has 6 heteroatoms. The highest BCUT2D eigenvalue weighted by Gasteiger charge is 2.45. The van der Waals surface area contributed by atoms with Crippen molar-refractivity contribution in [1.82, 2.24) is 9.80 Å². The number of hydrogen-bond acceptors (Lipinski definition) is 5. The molecule has 1 spiro atoms. The van der Waals surface area contributed by atoms with Crippen molar-refractivity contribution < 1.29 is 19.0 Å². The Labute approximate surface area is 139 Å². The molecule has 0 saturated carbocycles. The summed E-state index contributed by atoms with van der Waals surface area (Å²) in [4.78, 5) is 16.5. The Hall–Kier alpha value is -0.850. The van der Waals surface area contributed by atoms with E-state index in [-0.39, 0.29) is 11.7 Å². The van der Waals surface area contributed by atoms with Gasteiger partial charge in [-0.3, -0.25) is 4.90 Å². The van der Waals surface area contributed by atoms with Crippen molar-refractivity contribution in [2.75, 3.05) is 46.0 Å². The van der Waals surface area contributed by atoms with Gasteiger partial charge in [0.25, 0.3) is 0 Å². The average molecular weight is 326 g/mol. The van der Waals surface area contributed by atoms with Gasteiger partial charge in [0.2, 0.25) is 0 Å². The SMILES string of the molecule is CC(C)(C)OC(=O)N1CCC2(CC1)CC(N1CCOCC1)CO2. The van der Waals surface area contributed by atoms with Crippen molar-refractivity contribution in [3.63, 3.8) is 0 Å². The van der Waals surface area contributed by atoms with Crippen molar-refractivity contribution >= 4 is 6.09 Å². The number of ether oxygens (including phenoxy) is 3. The summed E-state index contributed by atoms with van der Waals surface area (Å²) in [5.74, 6) is 0. The van der Waals surface area contributed by atoms with Crippen LogP contribution in [0.15, 0.2) is 0 Å². The summed E-state index contributed by atoms with van der Waals surface area (Å²) in [6.45, 7) is 11.7. The molecule has 0 aromatic carbocycles. The molecule has 3 aliphatic heterocycles. The van der Waals surface area contributed by atoms with Crippen molar-refractivity contribution in [3.8, 4) is 0 Å². The first-order chi connectivity index (χ1) is 10.9. The van der Waals surface area contributed by atoms with Crippen molar-refractivity contribution in [1.29, 1.82) is 0 Å². The van der Waals surface area contributed by atoms with E-state index in [9.17, 15) is 4.79 Å². The van der Waals surface area contributed by atoms with Crippen LogP contribution < -0.4 is 0 Å². The minimum absolute atomic E-state index is 0.0402. The lowest BCUT2D eigenvalue weighted by Crippen LogP contribution is -2.49. The predicted octanol–water partition coefficient (Wildman–Crippen LogP) is 1.88. The third-order valence-electron chi connectivity index (χ3n) is 5.08. The first-order valence-electron chi connectivity index (χ1n) is 8.81. The number of hydrogen-bond donors (Lipinski definition) is 0. The zero-order valence-electron chi connectivity index (χ0n) is 14.7. The molecule has 3 saturated heterocycles. The van der Waals surface area contributed by atoms with Crippen LogP contribution in [0, 0.1) is 0 Å². The van der Waals surface area contributed by atoms with Crippen LogP contribution in [0.25, 0.3) is 0 Å². The Kier molecular flexibility index (Phi) is 4.85. The number of piperidine rings is 1. The van der Waals surface area contributed by atoms with E-state index in [0.717, 1.165) is 65.3 Å². The van der Waals surface area contributed by atoms with Crippen molar-refractivity contribution in [3.05, 3.63) is 0 Å². The number of rotatable bonds is 1. The Morgan fingerprint density at radius 2 is 1.78 bits per heavy atom. The lowest BCUT2D eigenvalue weighted by molar-refractivity contribution is -0.0492. The molecule has 23 heavy (non-hydrogen) atoms. The summed E-state index contributed by atoms with van der Waals surface area (Å²) >= 11 is 0. The van der Waals surface area contributed by atoms with Gasteiger partial charge in [0.05, 0.1) is 25.4 Å². The second-order valence-corrected chi connectivity index (χ2v) is 7.97. The van der Waals surface area contributed by atoms with E-state index in [1.807, 2.05) is 25.7 Å². The van der Waals surface area contributed by atoms with E-state index >= 15 is 0 Å². The Balaban J connectivity index is 1.49. The van der Waals surface area contributed by atoms with E-state index in [1.165, 1.54) is 0 Å². The number of morpholine rings is 1. The molecule has 3 rings (SSSR count). The fourth-order valence-electron chi connectivity index (χ4n) is 3.77. The first kappa shape index (κ1) is 17.0. The molecule has 6 nitrogen and oxygen atoms in total. The molecule has 3 fully saturated rings. The number of nitrogens with zero attached hydrogens (tertiary/aromatic N) is 2. The van der Waals surface area contributed by atoms with Gasteiger partial charge in [-0.25, -0.2) is 4.79 Å². The highest BCUT2D eigenvalue weighted by atomic mass is 16.6. The van der Waals surface area contributed by atoms with Gasteiger partial charge in [-0.1, -0.05) is 0 Å². The monoisotopic (exact) mass is 326 g/mol. The Bertz CT molecular complexity index is 421. The van der Waals surface area contributed by atoms with E-state index in [1.54, 1.807) is 0 Å².